The molecule has 5 unspecified atom stereocenters. The highest BCUT2D eigenvalue weighted by Gasteiger charge is 2.60. The number of Topliss-reactive ketones (excluding diaryl/α,β-unsaturated/α-hetero) is 1. The summed E-state index contributed by atoms with van der Waals surface area (Å²) in [6.07, 6.45) is 9.93. The standard InChI is InChI=1S/C28H38F6N4O2.C25H32FN3O2.2C2H6/c1-7-9-10-20(15-35-26(30)31)12-19(4)25(40)36-27(5,6)17-38-23(14-24(37-38)28(32,33)34)21(11-18(3)8-2)13-22(29)16-39;1-4-8-25(23(31)16(3)5-2)13-21(25)20-7-6-17(12-22(20)26)18-11-19(14-28-9-10-30)24(27)29-15-18;2*1-2/h9-11,13-16,18-19,26,35H,7-8,12,17H2,1-6H3,(H,36,40);6-7,11-12,14-16,21,30H,4-5,8-10,13H2,1-3H3,(H2,27,29);2*1-2H3/b10-9+,20-15+,21-11+,22-13+;;;. The van der Waals surface area contributed by atoms with Gasteiger partial charge in [0.05, 0.1) is 30.9 Å². The first-order chi connectivity index (χ1) is 35.4. The van der Waals surface area contributed by atoms with Gasteiger partial charge in [0.1, 0.15) is 17.4 Å². The van der Waals surface area contributed by atoms with Crippen LogP contribution in [0, 0.1) is 29.0 Å². The van der Waals surface area contributed by atoms with E-state index in [0.29, 0.717) is 40.9 Å². The number of aldehydes is 1. The number of anilines is 1. The Morgan fingerprint density at radius 3 is 2.21 bits per heavy atom. The van der Waals surface area contributed by atoms with E-state index in [2.05, 4.69) is 27.3 Å². The fraction of sp³-hybridized carbons (Fsp3) is 0.544. The van der Waals surface area contributed by atoms with Gasteiger partial charge < -0.3 is 21.5 Å². The number of rotatable bonds is 25. The van der Waals surface area contributed by atoms with Crippen LogP contribution >= 0.6 is 0 Å². The highest BCUT2D eigenvalue weighted by molar-refractivity contribution is 5.91. The topological polar surface area (TPSA) is 165 Å². The van der Waals surface area contributed by atoms with Crippen LogP contribution in [0.2, 0.25) is 0 Å². The van der Waals surface area contributed by atoms with Gasteiger partial charge in [0.15, 0.2) is 17.8 Å². The van der Waals surface area contributed by atoms with Gasteiger partial charge in [0, 0.05) is 52.9 Å². The van der Waals surface area contributed by atoms with Gasteiger partial charge in [0.2, 0.25) is 5.91 Å². The summed E-state index contributed by atoms with van der Waals surface area (Å²) in [4.78, 5) is 45.2. The molecule has 1 amide bonds. The molecule has 0 radical (unpaired) electrons. The minimum atomic E-state index is -4.79. The maximum Gasteiger partial charge on any atom is 0.435 e. The van der Waals surface area contributed by atoms with Crippen molar-refractivity contribution in [2.24, 2.45) is 28.2 Å². The first-order valence-corrected chi connectivity index (χ1v) is 26.0. The van der Waals surface area contributed by atoms with Gasteiger partial charge in [0.25, 0.3) is 0 Å². The summed E-state index contributed by atoms with van der Waals surface area (Å²) in [5, 5.41) is 17.3. The lowest BCUT2D eigenvalue weighted by atomic mass is 9.83. The number of nitrogens with zero attached hydrogens (tertiary/aromatic N) is 4. The monoisotopic (exact) mass is 1060 g/mol. The minimum Gasteiger partial charge on any atom is -0.394 e. The molecule has 2 heterocycles. The maximum atomic E-state index is 15.2. The van der Waals surface area contributed by atoms with E-state index < -0.39 is 47.0 Å². The second kappa shape index (κ2) is 32.5. The summed E-state index contributed by atoms with van der Waals surface area (Å²) in [6, 6.07) is 7.79. The number of aliphatic hydroxyl groups excluding tert-OH is 1. The zero-order valence-corrected chi connectivity index (χ0v) is 46.1. The van der Waals surface area contributed by atoms with Gasteiger partial charge in [-0.05, 0) is 98.4 Å². The molecule has 1 aromatic carbocycles. The number of halogens is 7. The molecule has 0 bridgehead atoms. The quantitative estimate of drug-likeness (QED) is 0.0163. The number of benzene rings is 1. The third-order valence-electron chi connectivity index (χ3n) is 12.3. The van der Waals surface area contributed by atoms with Gasteiger partial charge in [-0.1, -0.05) is 119 Å². The fourth-order valence-corrected chi connectivity index (χ4v) is 8.12. The predicted octanol–water partition coefficient (Wildman–Crippen LogP) is 13.8. The van der Waals surface area contributed by atoms with Gasteiger partial charge in [-0.2, -0.15) is 27.1 Å². The van der Waals surface area contributed by atoms with Crippen molar-refractivity contribution >= 4 is 35.6 Å². The molecule has 0 aliphatic heterocycles. The molecule has 1 aliphatic carbocycles. The Morgan fingerprint density at radius 2 is 1.67 bits per heavy atom. The van der Waals surface area contributed by atoms with E-state index in [9.17, 15) is 40.7 Å². The van der Waals surface area contributed by atoms with Crippen LogP contribution < -0.4 is 16.4 Å². The summed E-state index contributed by atoms with van der Waals surface area (Å²) in [6.45, 7) is 21.6. The molecule has 18 heteroatoms. The fourth-order valence-electron chi connectivity index (χ4n) is 8.12. The van der Waals surface area contributed by atoms with Crippen molar-refractivity contribution in [3.05, 3.63) is 107 Å². The van der Waals surface area contributed by atoms with Gasteiger partial charge in [-0.3, -0.25) is 24.1 Å². The summed E-state index contributed by atoms with van der Waals surface area (Å²) < 4.78 is 96.2. The number of carbonyl (C=O) groups excluding carboxylic acids is 3. The Hall–Kier alpha value is -5.91. The van der Waals surface area contributed by atoms with Crippen LogP contribution in [-0.2, 0) is 27.1 Å². The third kappa shape index (κ3) is 21.0. The van der Waals surface area contributed by atoms with Crippen LogP contribution in [0.15, 0.2) is 83.4 Å². The highest BCUT2D eigenvalue weighted by Crippen LogP contribution is 2.64. The average Bonchev–Trinajstić information content (AvgIpc) is 3.94. The maximum absolute atomic E-state index is 15.2. The van der Waals surface area contributed by atoms with Crippen molar-refractivity contribution in [3.63, 3.8) is 0 Å². The van der Waals surface area contributed by atoms with E-state index in [0.717, 1.165) is 54.3 Å². The predicted molar refractivity (Wildman–Crippen MR) is 288 cm³/mol. The Kier molecular flexibility index (Phi) is 29.1. The Labute approximate surface area is 440 Å². The number of allylic oxidation sites excluding steroid dienone is 7. The Balaban J connectivity index is 0.000000720. The van der Waals surface area contributed by atoms with E-state index in [4.69, 9.17) is 10.8 Å². The first-order valence-electron chi connectivity index (χ1n) is 26.0. The number of aromatic nitrogens is 3. The number of hydrogen-bond donors (Lipinski definition) is 4. The van der Waals surface area contributed by atoms with Crippen molar-refractivity contribution in [1.82, 2.24) is 25.4 Å². The molecule has 1 aliphatic rings. The number of pyridine rings is 1. The largest absolute Gasteiger partial charge is 0.435 e. The number of nitrogens with two attached hydrogens (primary N) is 1. The van der Waals surface area contributed by atoms with E-state index in [-0.39, 0.29) is 73.0 Å². The number of alkyl halides is 5. The van der Waals surface area contributed by atoms with Crippen LogP contribution in [0.5, 0.6) is 0 Å². The molecule has 0 saturated heterocycles. The zero-order chi connectivity index (χ0) is 57.3. The molecular weight excluding hydrogens is 980 g/mol. The van der Waals surface area contributed by atoms with Crippen LogP contribution in [0.3, 0.4) is 0 Å². The summed E-state index contributed by atoms with van der Waals surface area (Å²) in [7, 11) is 0. The average molecular weight is 1060 g/mol. The number of ketones is 1. The molecule has 0 spiro atoms. The van der Waals surface area contributed by atoms with Gasteiger partial charge in [-0.25, -0.2) is 13.8 Å². The third-order valence-corrected chi connectivity index (χ3v) is 12.3. The normalized spacial score (nSPS) is 17.3. The van der Waals surface area contributed by atoms with Crippen LogP contribution in [-0.4, -0.2) is 69.3 Å². The van der Waals surface area contributed by atoms with Crippen molar-refractivity contribution in [1.29, 1.82) is 0 Å². The zero-order valence-electron chi connectivity index (χ0n) is 46.1. The number of aliphatic imine (C=N–C) groups is 1. The first kappa shape index (κ1) is 67.1. The van der Waals surface area contributed by atoms with Crippen LogP contribution in [0.1, 0.15) is 163 Å². The van der Waals surface area contributed by atoms with Crippen LogP contribution in [0.25, 0.3) is 16.7 Å². The minimum absolute atomic E-state index is 0.00524. The van der Waals surface area contributed by atoms with Gasteiger partial charge >= 0.3 is 12.7 Å². The second-order valence-electron chi connectivity index (χ2n) is 18.7. The molecule has 5 atom stereocenters. The molecule has 418 valence electrons. The molecule has 3 aromatic rings. The lowest BCUT2D eigenvalue weighted by Gasteiger charge is -2.29. The van der Waals surface area contributed by atoms with E-state index in [1.807, 2.05) is 78.9 Å². The molecule has 4 rings (SSSR count). The van der Waals surface area contributed by atoms with Gasteiger partial charge in [-0.15, -0.1) is 0 Å². The van der Waals surface area contributed by atoms with Crippen molar-refractivity contribution in [2.75, 3.05) is 18.9 Å². The Morgan fingerprint density at radius 1 is 1.00 bits per heavy atom. The van der Waals surface area contributed by atoms with E-state index >= 15 is 4.39 Å². The summed E-state index contributed by atoms with van der Waals surface area (Å²) in [5.41, 5.74) is 6.26. The number of nitrogens with one attached hydrogen (secondary N) is 2. The SMILES string of the molecule is CC.CC.CC/C=C/C(=C\NC(F)F)CC(C)C(=O)NC(C)(C)Cn1nc(C(F)(F)F)cc1C(/C=C(/F)C=O)=C/C(C)CC.CCCC1(C(=O)C(C)CC)CC1c1ccc(-c2cnc(N)c(C=NCCO)c2)cc1F. The number of nitrogen functional groups attached to an aromatic ring is 1. The molecule has 1 saturated carbocycles. The Bertz CT molecular complexity index is 2430. The van der Waals surface area contributed by atoms with E-state index in [1.54, 1.807) is 58.3 Å². The number of aliphatic hydroxyl groups is 1. The van der Waals surface area contributed by atoms with Crippen molar-refractivity contribution < 1.29 is 50.2 Å². The summed E-state index contributed by atoms with van der Waals surface area (Å²) >= 11 is 0. The molecule has 11 nitrogen and oxygen atoms in total. The number of carbonyl (C=O) groups is 3. The second-order valence-corrected chi connectivity index (χ2v) is 18.7. The molecular formula is C57H82F7N7O4. The van der Waals surface area contributed by atoms with E-state index in [1.165, 1.54) is 6.07 Å². The molecule has 1 fully saturated rings. The number of hydrogen-bond acceptors (Lipinski definition) is 9. The van der Waals surface area contributed by atoms with Crippen molar-refractivity contribution in [2.45, 2.75) is 166 Å². The molecule has 2 aromatic heterocycles. The smallest absolute Gasteiger partial charge is 0.394 e. The summed E-state index contributed by atoms with van der Waals surface area (Å²) in [5.74, 6) is -2.16. The molecule has 5 N–H and O–H groups in total. The van der Waals surface area contributed by atoms with Crippen LogP contribution in [0.4, 0.5) is 36.6 Å². The van der Waals surface area contributed by atoms with Crippen molar-refractivity contribution in [3.8, 4) is 11.1 Å². The number of amides is 1. The lowest BCUT2D eigenvalue weighted by Crippen LogP contribution is -2.48. The lowest BCUT2D eigenvalue weighted by molar-refractivity contribution is -0.141. The highest BCUT2D eigenvalue weighted by atomic mass is 19.4. The molecule has 75 heavy (non-hydrogen) atoms.